The molecule has 0 aliphatic carbocycles. The molecular weight excluding hydrogens is 295 g/mol. The van der Waals surface area contributed by atoms with Crippen molar-refractivity contribution in [2.24, 2.45) is 0 Å². The summed E-state index contributed by atoms with van der Waals surface area (Å²) in [5, 5.41) is 14.4. The lowest BCUT2D eigenvalue weighted by Gasteiger charge is -2.27. The van der Waals surface area contributed by atoms with Gasteiger partial charge in [-0.15, -0.1) is 0 Å². The van der Waals surface area contributed by atoms with Gasteiger partial charge in [-0.3, -0.25) is 4.90 Å². The summed E-state index contributed by atoms with van der Waals surface area (Å²) < 4.78 is 15.4. The largest absolute Gasteiger partial charge is 0.392 e. The predicted octanol–water partition coefficient (Wildman–Crippen LogP) is 2.48. The number of hydrogen-bond acceptors (Lipinski definition) is 4. The molecule has 3 rings (SSSR count). The van der Waals surface area contributed by atoms with Crippen LogP contribution in [0, 0.1) is 5.82 Å². The molecule has 1 aliphatic rings. The second-order valence-corrected chi connectivity index (χ2v) is 7.15. The van der Waals surface area contributed by atoms with Crippen molar-refractivity contribution in [1.29, 1.82) is 0 Å². The summed E-state index contributed by atoms with van der Waals surface area (Å²) in [6.45, 7) is 7.36. The molecule has 0 spiro atoms. The van der Waals surface area contributed by atoms with E-state index in [2.05, 4.69) is 35.8 Å². The molecule has 2 heterocycles. The maximum Gasteiger partial charge on any atom is 0.141 e. The van der Waals surface area contributed by atoms with Gasteiger partial charge in [-0.1, -0.05) is 12.1 Å². The fraction of sp³-hybridized carbons (Fsp3) is 0.529. The summed E-state index contributed by atoms with van der Waals surface area (Å²) in [5.41, 5.74) is 0.738. The Morgan fingerprint density at radius 3 is 2.83 bits per heavy atom. The fourth-order valence-corrected chi connectivity index (χ4v) is 3.23. The first-order valence-electron chi connectivity index (χ1n) is 7.91. The summed E-state index contributed by atoms with van der Waals surface area (Å²) in [7, 11) is 0. The van der Waals surface area contributed by atoms with Gasteiger partial charge in [-0.05, 0) is 44.9 Å². The molecule has 1 N–H and O–H groups in total. The molecule has 1 aliphatic heterocycles. The Morgan fingerprint density at radius 2 is 2.13 bits per heavy atom. The zero-order chi connectivity index (χ0) is 16.6. The average molecular weight is 318 g/mol. The van der Waals surface area contributed by atoms with Crippen LogP contribution in [0.25, 0.3) is 0 Å². The molecule has 0 amide bonds. The molecule has 0 radical (unpaired) electrons. The number of aromatic nitrogens is 3. The number of aliphatic hydroxyl groups excluding tert-OH is 1. The zero-order valence-corrected chi connectivity index (χ0v) is 13.8. The van der Waals surface area contributed by atoms with E-state index in [0.717, 1.165) is 11.4 Å². The third-order valence-electron chi connectivity index (χ3n) is 4.21. The highest BCUT2D eigenvalue weighted by atomic mass is 19.1. The van der Waals surface area contributed by atoms with Crippen molar-refractivity contribution >= 4 is 0 Å². The standard InChI is InChI=1S/C17H23FN4O/c1-17(2,3)22-16(19-11-20-22)10-21-9-14(23)8-15(21)12-5-4-6-13(18)7-12/h4-7,11,14-15,23H,8-10H2,1-3H3/t14-,15+/m0/s1. The van der Waals surface area contributed by atoms with Crippen molar-refractivity contribution in [2.75, 3.05) is 6.54 Å². The molecule has 1 aromatic carbocycles. The molecule has 0 unspecified atom stereocenters. The molecule has 1 fully saturated rings. The van der Waals surface area contributed by atoms with Gasteiger partial charge in [0.25, 0.3) is 0 Å². The summed E-state index contributed by atoms with van der Waals surface area (Å²) in [6.07, 6.45) is 1.76. The molecule has 2 atom stereocenters. The topological polar surface area (TPSA) is 54.2 Å². The zero-order valence-electron chi connectivity index (χ0n) is 13.8. The number of aliphatic hydroxyl groups is 1. The fourth-order valence-electron chi connectivity index (χ4n) is 3.23. The molecular formula is C17H23FN4O. The van der Waals surface area contributed by atoms with Crippen LogP contribution < -0.4 is 0 Å². The first-order chi connectivity index (χ1) is 10.8. The Labute approximate surface area is 135 Å². The Kier molecular flexibility index (Phi) is 4.21. The smallest absolute Gasteiger partial charge is 0.141 e. The number of rotatable bonds is 3. The van der Waals surface area contributed by atoms with Gasteiger partial charge < -0.3 is 5.11 Å². The van der Waals surface area contributed by atoms with E-state index in [4.69, 9.17) is 0 Å². The first kappa shape index (κ1) is 16.1. The van der Waals surface area contributed by atoms with E-state index in [9.17, 15) is 9.50 Å². The van der Waals surface area contributed by atoms with Crippen molar-refractivity contribution in [2.45, 2.75) is 51.4 Å². The van der Waals surface area contributed by atoms with E-state index in [1.807, 2.05) is 10.7 Å². The van der Waals surface area contributed by atoms with Crippen LogP contribution in [0.3, 0.4) is 0 Å². The van der Waals surface area contributed by atoms with Crippen LogP contribution in [0.1, 0.15) is 44.6 Å². The highest BCUT2D eigenvalue weighted by Crippen LogP contribution is 2.33. The minimum absolute atomic E-state index is 0.00850. The van der Waals surface area contributed by atoms with Gasteiger partial charge in [0, 0.05) is 12.6 Å². The minimum Gasteiger partial charge on any atom is -0.392 e. The number of halogens is 1. The molecule has 5 nitrogen and oxygen atoms in total. The minimum atomic E-state index is -0.408. The van der Waals surface area contributed by atoms with Crippen molar-refractivity contribution in [3.8, 4) is 0 Å². The summed E-state index contributed by atoms with van der Waals surface area (Å²) in [5.74, 6) is 0.606. The van der Waals surface area contributed by atoms with Gasteiger partial charge in [0.1, 0.15) is 18.0 Å². The van der Waals surface area contributed by atoms with Gasteiger partial charge in [-0.2, -0.15) is 5.10 Å². The Hall–Kier alpha value is -1.79. The van der Waals surface area contributed by atoms with Crippen molar-refractivity contribution in [3.63, 3.8) is 0 Å². The lowest BCUT2D eigenvalue weighted by atomic mass is 10.0. The highest BCUT2D eigenvalue weighted by Gasteiger charge is 2.33. The predicted molar refractivity (Wildman–Crippen MR) is 85.2 cm³/mol. The number of β-amino-alcohol motifs (C(OH)–C–C–N with tert-alkyl or cyclic N) is 1. The van der Waals surface area contributed by atoms with Crippen LogP contribution in [0.2, 0.25) is 0 Å². The average Bonchev–Trinajstić information content (AvgIpc) is 3.05. The molecule has 1 saturated heterocycles. The quantitative estimate of drug-likeness (QED) is 0.944. The van der Waals surface area contributed by atoms with Gasteiger partial charge in [0.15, 0.2) is 0 Å². The maximum absolute atomic E-state index is 13.5. The van der Waals surface area contributed by atoms with Crippen LogP contribution in [0.5, 0.6) is 0 Å². The lowest BCUT2D eigenvalue weighted by Crippen LogP contribution is -2.31. The first-order valence-corrected chi connectivity index (χ1v) is 7.91. The number of hydrogen-bond donors (Lipinski definition) is 1. The number of likely N-dealkylation sites (tertiary alicyclic amines) is 1. The maximum atomic E-state index is 13.5. The van der Waals surface area contributed by atoms with Crippen molar-refractivity contribution in [1.82, 2.24) is 19.7 Å². The lowest BCUT2D eigenvalue weighted by molar-refractivity contribution is 0.168. The van der Waals surface area contributed by atoms with Gasteiger partial charge in [0.05, 0.1) is 18.2 Å². The van der Waals surface area contributed by atoms with Gasteiger partial charge in [0.2, 0.25) is 0 Å². The van der Waals surface area contributed by atoms with Crippen molar-refractivity contribution in [3.05, 3.63) is 47.8 Å². The van der Waals surface area contributed by atoms with E-state index < -0.39 is 6.10 Å². The third-order valence-corrected chi connectivity index (χ3v) is 4.21. The number of benzene rings is 1. The second kappa shape index (κ2) is 6.02. The van der Waals surface area contributed by atoms with Crippen LogP contribution in [-0.4, -0.2) is 37.4 Å². The third kappa shape index (κ3) is 3.43. The van der Waals surface area contributed by atoms with E-state index in [1.54, 1.807) is 18.5 Å². The van der Waals surface area contributed by atoms with E-state index in [1.165, 1.54) is 6.07 Å². The second-order valence-electron chi connectivity index (χ2n) is 7.15. The monoisotopic (exact) mass is 318 g/mol. The Bertz CT molecular complexity index is 679. The van der Waals surface area contributed by atoms with Crippen LogP contribution in [0.15, 0.2) is 30.6 Å². The molecule has 1 aromatic heterocycles. The Balaban J connectivity index is 1.85. The SMILES string of the molecule is CC(C)(C)n1ncnc1CN1C[C@@H](O)C[C@@H]1c1cccc(F)c1. The number of nitrogens with zero attached hydrogens (tertiary/aromatic N) is 4. The Morgan fingerprint density at radius 1 is 1.35 bits per heavy atom. The summed E-state index contributed by atoms with van der Waals surface area (Å²) >= 11 is 0. The highest BCUT2D eigenvalue weighted by molar-refractivity contribution is 5.22. The van der Waals surface area contributed by atoms with Crippen LogP contribution in [0.4, 0.5) is 4.39 Å². The molecule has 6 heteroatoms. The van der Waals surface area contributed by atoms with E-state index in [-0.39, 0.29) is 17.4 Å². The molecule has 124 valence electrons. The summed E-state index contributed by atoms with van der Waals surface area (Å²) in [4.78, 5) is 6.52. The molecule has 0 saturated carbocycles. The van der Waals surface area contributed by atoms with Crippen LogP contribution in [-0.2, 0) is 12.1 Å². The van der Waals surface area contributed by atoms with E-state index in [0.29, 0.717) is 19.5 Å². The summed E-state index contributed by atoms with van der Waals surface area (Å²) in [6, 6.07) is 6.60. The van der Waals surface area contributed by atoms with E-state index >= 15 is 0 Å². The molecule has 2 aromatic rings. The normalized spacial score (nSPS) is 22.7. The van der Waals surface area contributed by atoms with Crippen molar-refractivity contribution < 1.29 is 9.50 Å². The molecule has 0 bridgehead atoms. The van der Waals surface area contributed by atoms with Crippen LogP contribution >= 0.6 is 0 Å². The molecule has 23 heavy (non-hydrogen) atoms. The van der Waals surface area contributed by atoms with Gasteiger partial charge in [-0.25, -0.2) is 14.1 Å². The van der Waals surface area contributed by atoms with Gasteiger partial charge >= 0.3 is 0 Å².